The van der Waals surface area contributed by atoms with Gasteiger partial charge in [-0.3, -0.25) is 14.5 Å². The Morgan fingerprint density at radius 1 is 1.22 bits per heavy atom. The molecule has 0 spiro atoms. The minimum atomic E-state index is -0.406. The molecule has 1 heterocycles. The van der Waals surface area contributed by atoms with Crippen LogP contribution in [-0.4, -0.2) is 27.6 Å². The van der Waals surface area contributed by atoms with Crippen LogP contribution in [0, 0.1) is 5.82 Å². The van der Waals surface area contributed by atoms with Gasteiger partial charge in [-0.05, 0) is 36.4 Å². The molecule has 1 N–H and O–H groups in total. The van der Waals surface area contributed by atoms with Gasteiger partial charge in [0.1, 0.15) is 10.1 Å². The summed E-state index contributed by atoms with van der Waals surface area (Å²) in [5, 5.41) is 2.77. The van der Waals surface area contributed by atoms with E-state index in [0.29, 0.717) is 20.5 Å². The molecule has 8 heteroatoms. The number of thiocarbonyl (C=S) groups is 1. The average molecular weight is 465 g/mol. The lowest BCUT2D eigenvalue weighted by atomic mass is 10.2. The molecule has 1 aliphatic heterocycles. The highest BCUT2D eigenvalue weighted by molar-refractivity contribution is 9.10. The quantitative estimate of drug-likeness (QED) is 0.508. The van der Waals surface area contributed by atoms with E-state index < -0.39 is 5.82 Å². The molecule has 0 atom stereocenters. The lowest BCUT2D eigenvalue weighted by Crippen LogP contribution is -2.31. The molecular weight excluding hydrogens is 451 g/mol. The Labute approximate surface area is 173 Å². The summed E-state index contributed by atoms with van der Waals surface area (Å²) in [5.74, 6) is -0.939. The van der Waals surface area contributed by atoms with Crippen molar-refractivity contribution >= 4 is 67.8 Å². The third-order valence-corrected chi connectivity index (χ3v) is 5.66. The van der Waals surface area contributed by atoms with Crippen molar-refractivity contribution in [3.8, 4) is 0 Å². The van der Waals surface area contributed by atoms with Crippen LogP contribution >= 0.6 is 39.9 Å². The van der Waals surface area contributed by atoms with Crippen LogP contribution in [0.3, 0.4) is 0 Å². The van der Waals surface area contributed by atoms with Crippen molar-refractivity contribution in [1.82, 2.24) is 4.90 Å². The van der Waals surface area contributed by atoms with Crippen LogP contribution in [0.25, 0.3) is 6.08 Å². The number of halogens is 2. The Balaban J connectivity index is 1.61. The summed E-state index contributed by atoms with van der Waals surface area (Å²) in [6.45, 7) is 0.168. The largest absolute Gasteiger partial charge is 0.326 e. The maximum Gasteiger partial charge on any atom is 0.266 e. The van der Waals surface area contributed by atoms with Crippen LogP contribution in [0.15, 0.2) is 57.9 Å². The number of carbonyl (C=O) groups excluding carboxylic acids is 2. The van der Waals surface area contributed by atoms with Gasteiger partial charge in [0.25, 0.3) is 5.91 Å². The van der Waals surface area contributed by atoms with Gasteiger partial charge in [-0.15, -0.1) is 0 Å². The number of benzene rings is 2. The van der Waals surface area contributed by atoms with E-state index in [9.17, 15) is 14.0 Å². The summed E-state index contributed by atoms with van der Waals surface area (Å²) in [4.78, 5) is 26.4. The van der Waals surface area contributed by atoms with E-state index in [1.54, 1.807) is 30.3 Å². The van der Waals surface area contributed by atoms with E-state index in [-0.39, 0.29) is 24.8 Å². The van der Waals surface area contributed by atoms with Crippen molar-refractivity contribution in [2.24, 2.45) is 0 Å². The highest BCUT2D eigenvalue weighted by atomic mass is 79.9. The summed E-state index contributed by atoms with van der Waals surface area (Å²) < 4.78 is 15.1. The van der Waals surface area contributed by atoms with E-state index in [4.69, 9.17) is 12.2 Å². The number of amides is 2. The second-order valence-corrected chi connectivity index (χ2v) is 8.25. The number of anilines is 1. The molecule has 2 aromatic carbocycles. The molecule has 2 amide bonds. The van der Waals surface area contributed by atoms with Gasteiger partial charge in [0.2, 0.25) is 5.91 Å². The second-order valence-electron chi connectivity index (χ2n) is 5.66. The summed E-state index contributed by atoms with van der Waals surface area (Å²) in [5.41, 5.74) is 0.999. The van der Waals surface area contributed by atoms with Crippen molar-refractivity contribution in [2.45, 2.75) is 6.42 Å². The van der Waals surface area contributed by atoms with E-state index in [1.165, 1.54) is 17.0 Å². The predicted octanol–water partition coefficient (Wildman–Crippen LogP) is 4.82. The van der Waals surface area contributed by atoms with Gasteiger partial charge in [-0.2, -0.15) is 0 Å². The molecule has 2 aromatic rings. The lowest BCUT2D eigenvalue weighted by molar-refractivity contribution is -0.122. The van der Waals surface area contributed by atoms with Gasteiger partial charge < -0.3 is 5.32 Å². The van der Waals surface area contributed by atoms with E-state index in [0.717, 1.165) is 16.2 Å². The third-order valence-electron chi connectivity index (χ3n) is 3.76. The topological polar surface area (TPSA) is 49.4 Å². The van der Waals surface area contributed by atoms with Crippen LogP contribution in [0.4, 0.5) is 10.1 Å². The van der Waals surface area contributed by atoms with Crippen LogP contribution in [0.2, 0.25) is 0 Å². The minimum Gasteiger partial charge on any atom is -0.326 e. The van der Waals surface area contributed by atoms with Crippen LogP contribution < -0.4 is 5.32 Å². The fourth-order valence-electron chi connectivity index (χ4n) is 2.40. The smallest absolute Gasteiger partial charge is 0.266 e. The molecule has 27 heavy (non-hydrogen) atoms. The molecule has 1 aliphatic rings. The average Bonchev–Trinajstić information content (AvgIpc) is 2.90. The van der Waals surface area contributed by atoms with Crippen molar-refractivity contribution in [3.63, 3.8) is 0 Å². The zero-order chi connectivity index (χ0) is 19.4. The third kappa shape index (κ3) is 5.03. The van der Waals surface area contributed by atoms with Crippen molar-refractivity contribution < 1.29 is 14.0 Å². The SMILES string of the molecule is O=C(CCN1C(=O)C(=Cc2ccccc2F)SC1=S)Nc1ccc(Br)cc1. The molecule has 0 radical (unpaired) electrons. The molecule has 4 nitrogen and oxygen atoms in total. The molecule has 0 saturated carbocycles. The number of rotatable bonds is 5. The van der Waals surface area contributed by atoms with E-state index in [1.807, 2.05) is 12.1 Å². The molecule has 0 unspecified atom stereocenters. The zero-order valence-corrected chi connectivity index (χ0v) is 17.2. The van der Waals surface area contributed by atoms with Crippen molar-refractivity contribution in [3.05, 3.63) is 69.3 Å². The summed E-state index contributed by atoms with van der Waals surface area (Å²) >= 11 is 9.68. The first-order valence-electron chi connectivity index (χ1n) is 7.99. The molecule has 0 bridgehead atoms. The zero-order valence-electron chi connectivity index (χ0n) is 13.9. The van der Waals surface area contributed by atoms with Crippen LogP contribution in [0.1, 0.15) is 12.0 Å². The van der Waals surface area contributed by atoms with Crippen molar-refractivity contribution in [1.29, 1.82) is 0 Å². The molecule has 0 aliphatic carbocycles. The van der Waals surface area contributed by atoms with E-state index >= 15 is 0 Å². The highest BCUT2D eigenvalue weighted by Gasteiger charge is 2.32. The first-order valence-corrected chi connectivity index (χ1v) is 10.0. The molecule has 3 rings (SSSR count). The summed E-state index contributed by atoms with van der Waals surface area (Å²) in [6, 6.07) is 13.4. The summed E-state index contributed by atoms with van der Waals surface area (Å²) in [6.07, 6.45) is 1.59. The normalized spacial score (nSPS) is 15.5. The maximum absolute atomic E-state index is 13.8. The van der Waals surface area contributed by atoms with Crippen LogP contribution in [-0.2, 0) is 9.59 Å². The second kappa shape index (κ2) is 8.77. The van der Waals surface area contributed by atoms with Gasteiger partial charge in [-0.1, -0.05) is 58.1 Å². The Hall–Kier alpha value is -2.03. The highest BCUT2D eigenvalue weighted by Crippen LogP contribution is 2.33. The standard InChI is InChI=1S/C19H14BrFN2O2S2/c20-13-5-7-14(8-6-13)22-17(24)9-10-23-18(25)16(27-19(23)26)11-12-3-1-2-4-15(12)21/h1-8,11H,9-10H2,(H,22,24). The number of thioether (sulfide) groups is 1. The lowest BCUT2D eigenvalue weighted by Gasteiger charge is -2.14. The Bertz CT molecular complexity index is 932. The van der Waals surface area contributed by atoms with Crippen LogP contribution in [0.5, 0.6) is 0 Å². The fourth-order valence-corrected chi connectivity index (χ4v) is 3.96. The Morgan fingerprint density at radius 2 is 1.93 bits per heavy atom. The van der Waals surface area contributed by atoms with Gasteiger partial charge in [0.15, 0.2) is 0 Å². The van der Waals surface area contributed by atoms with Crippen molar-refractivity contribution in [2.75, 3.05) is 11.9 Å². The molecule has 138 valence electrons. The van der Waals surface area contributed by atoms with Gasteiger partial charge in [0.05, 0.1) is 4.91 Å². The molecule has 0 aromatic heterocycles. The number of carbonyl (C=O) groups is 2. The monoisotopic (exact) mass is 464 g/mol. The first-order chi connectivity index (χ1) is 12.9. The van der Waals surface area contributed by atoms with E-state index in [2.05, 4.69) is 21.2 Å². The predicted molar refractivity (Wildman–Crippen MR) is 114 cm³/mol. The van der Waals surface area contributed by atoms with Gasteiger partial charge in [-0.25, -0.2) is 4.39 Å². The maximum atomic E-state index is 13.8. The first kappa shape index (κ1) is 19.7. The van der Waals surface area contributed by atoms with Gasteiger partial charge >= 0.3 is 0 Å². The molecule has 1 fully saturated rings. The molecular formula is C19H14BrFN2O2S2. The Morgan fingerprint density at radius 3 is 2.63 bits per heavy atom. The van der Waals surface area contributed by atoms with Gasteiger partial charge in [0, 0.05) is 28.7 Å². The summed E-state index contributed by atoms with van der Waals surface area (Å²) in [7, 11) is 0. The number of nitrogens with one attached hydrogen (secondary N) is 1. The Kier molecular flexibility index (Phi) is 6.41. The molecule has 1 saturated heterocycles. The minimum absolute atomic E-state index is 0.107. The number of hydrogen-bond acceptors (Lipinski definition) is 4. The number of nitrogens with zero attached hydrogens (tertiary/aromatic N) is 1. The fraction of sp³-hybridized carbons (Fsp3) is 0.105. The number of hydrogen-bond donors (Lipinski definition) is 1.